The second kappa shape index (κ2) is 15.4. The first-order valence-electron chi connectivity index (χ1n) is 11.7. The third-order valence-electron chi connectivity index (χ3n) is 5.56. The van der Waals surface area contributed by atoms with E-state index < -0.39 is 23.9 Å². The van der Waals surface area contributed by atoms with Crippen LogP contribution in [0.2, 0.25) is 10.0 Å². The highest BCUT2D eigenvalue weighted by molar-refractivity contribution is 6.42. The average molecular weight is 537 g/mol. The Kier molecular flexibility index (Phi) is 12.7. The summed E-state index contributed by atoms with van der Waals surface area (Å²) < 4.78 is 0. The Morgan fingerprint density at radius 2 is 1.58 bits per heavy atom. The maximum absolute atomic E-state index is 13.0. The number of amides is 3. The van der Waals surface area contributed by atoms with Gasteiger partial charge < -0.3 is 32.7 Å². The van der Waals surface area contributed by atoms with Crippen LogP contribution >= 0.6 is 23.2 Å². The second-order valence-corrected chi connectivity index (χ2v) is 9.07. The molecule has 0 saturated carbocycles. The van der Waals surface area contributed by atoms with Crippen LogP contribution in [0.3, 0.4) is 0 Å². The number of nitrogens with one attached hydrogen (secondary N) is 2. The molecule has 0 aliphatic heterocycles. The van der Waals surface area contributed by atoms with E-state index in [0.717, 1.165) is 5.56 Å². The zero-order valence-corrected chi connectivity index (χ0v) is 21.6. The zero-order chi connectivity index (χ0) is 26.5. The first-order chi connectivity index (χ1) is 17.3. The minimum absolute atomic E-state index is 0.133. The molecule has 196 valence electrons. The lowest BCUT2D eigenvalue weighted by molar-refractivity contribution is -0.135. The van der Waals surface area contributed by atoms with Crippen molar-refractivity contribution in [1.29, 1.82) is 0 Å². The lowest BCUT2D eigenvalue weighted by Crippen LogP contribution is -2.53. The molecule has 8 N–H and O–H groups in total. The number of aryl methyl sites for hydroxylation is 1. The molecule has 0 fully saturated rings. The van der Waals surface area contributed by atoms with E-state index >= 15 is 0 Å². The minimum atomic E-state index is -1.13. The zero-order valence-electron chi connectivity index (χ0n) is 20.1. The van der Waals surface area contributed by atoms with Gasteiger partial charge in [0.15, 0.2) is 0 Å². The Balaban J connectivity index is 2.06. The molecule has 0 radical (unpaired) electrons. The lowest BCUT2D eigenvalue weighted by Gasteiger charge is -2.24. The summed E-state index contributed by atoms with van der Waals surface area (Å²) in [6.45, 7) is 1.31. The van der Waals surface area contributed by atoms with Crippen molar-refractivity contribution >= 4 is 40.9 Å². The van der Waals surface area contributed by atoms with Gasteiger partial charge in [-0.3, -0.25) is 14.4 Å². The smallest absolute Gasteiger partial charge is 0.242 e. The first kappa shape index (κ1) is 29.5. The van der Waals surface area contributed by atoms with Crippen LogP contribution in [0, 0.1) is 0 Å². The maximum Gasteiger partial charge on any atom is 0.242 e. The number of benzene rings is 2. The van der Waals surface area contributed by atoms with Gasteiger partial charge in [-0.05, 0) is 30.0 Å². The fraction of sp³-hybridized carbons (Fsp3) is 0.400. The highest BCUT2D eigenvalue weighted by Crippen LogP contribution is 2.25. The molecular weight excluding hydrogens is 503 g/mol. The summed E-state index contributed by atoms with van der Waals surface area (Å²) in [5.41, 5.74) is 18.8. The molecule has 2 atom stereocenters. The number of carbonyl (C=O) groups excluding carboxylic acids is 3. The van der Waals surface area contributed by atoms with Crippen molar-refractivity contribution in [3.05, 3.63) is 69.7 Å². The van der Waals surface area contributed by atoms with Crippen LogP contribution in [-0.2, 0) is 27.3 Å². The van der Waals surface area contributed by atoms with Crippen LogP contribution < -0.4 is 27.8 Å². The molecule has 2 aromatic carbocycles. The van der Waals surface area contributed by atoms with E-state index in [9.17, 15) is 14.4 Å². The van der Waals surface area contributed by atoms with Gasteiger partial charge in [-0.1, -0.05) is 65.7 Å². The molecule has 0 heterocycles. The summed E-state index contributed by atoms with van der Waals surface area (Å²) in [5, 5.41) is 6.23. The number of nitrogens with zero attached hydrogens (tertiary/aromatic N) is 1. The molecule has 0 spiro atoms. The Morgan fingerprint density at radius 1 is 0.917 bits per heavy atom. The van der Waals surface area contributed by atoms with Gasteiger partial charge in [0, 0.05) is 32.7 Å². The molecule has 3 amide bonds. The van der Waals surface area contributed by atoms with E-state index in [-0.39, 0.29) is 32.0 Å². The molecule has 0 bridgehead atoms. The van der Waals surface area contributed by atoms with E-state index in [0.29, 0.717) is 41.5 Å². The van der Waals surface area contributed by atoms with Crippen LogP contribution in [0.25, 0.3) is 0 Å². The van der Waals surface area contributed by atoms with Crippen molar-refractivity contribution in [1.82, 2.24) is 15.5 Å². The Labute approximate surface area is 221 Å². The van der Waals surface area contributed by atoms with Crippen molar-refractivity contribution in [3.63, 3.8) is 0 Å². The maximum atomic E-state index is 13.0. The Hall–Kier alpha value is -2.69. The second-order valence-electron chi connectivity index (χ2n) is 8.28. The van der Waals surface area contributed by atoms with Crippen LogP contribution in [0.5, 0.6) is 0 Å². The number of halogens is 2. The molecule has 2 rings (SSSR count). The minimum Gasteiger partial charge on any atom is -0.350 e. The number of nitrogens with two attached hydrogens (primary N) is 3. The molecule has 0 aliphatic carbocycles. The number of rotatable bonds is 14. The summed E-state index contributed by atoms with van der Waals surface area (Å²) in [4.78, 5) is 39.9. The fourth-order valence-electron chi connectivity index (χ4n) is 3.58. The number of hydrogen-bond acceptors (Lipinski definition) is 6. The van der Waals surface area contributed by atoms with Crippen LogP contribution in [0.1, 0.15) is 24.0 Å². The first-order valence-corrected chi connectivity index (χ1v) is 12.5. The largest absolute Gasteiger partial charge is 0.350 e. The van der Waals surface area contributed by atoms with E-state index in [4.69, 9.17) is 40.4 Å². The normalized spacial score (nSPS) is 12.5. The SMILES string of the molecule is NCCN(CCN)C(=O)C[C@H](N)C(=O)N[C@@H](CCc1ccccc1)C(=O)NCc1cccc(Cl)c1Cl. The molecule has 0 saturated heterocycles. The van der Waals surface area contributed by atoms with Crippen molar-refractivity contribution < 1.29 is 14.4 Å². The summed E-state index contributed by atoms with van der Waals surface area (Å²) >= 11 is 12.3. The van der Waals surface area contributed by atoms with Gasteiger partial charge in [0.25, 0.3) is 0 Å². The third kappa shape index (κ3) is 9.40. The Morgan fingerprint density at radius 3 is 2.22 bits per heavy atom. The lowest BCUT2D eigenvalue weighted by atomic mass is 10.0. The van der Waals surface area contributed by atoms with E-state index in [1.807, 2.05) is 30.3 Å². The van der Waals surface area contributed by atoms with Gasteiger partial charge in [-0.15, -0.1) is 0 Å². The summed E-state index contributed by atoms with van der Waals surface area (Å²) in [5.74, 6) is -1.33. The van der Waals surface area contributed by atoms with Crippen LogP contribution in [0.15, 0.2) is 48.5 Å². The summed E-state index contributed by atoms with van der Waals surface area (Å²) in [7, 11) is 0. The van der Waals surface area contributed by atoms with Crippen molar-refractivity contribution in [2.45, 2.75) is 37.9 Å². The van der Waals surface area contributed by atoms with Crippen molar-refractivity contribution in [2.75, 3.05) is 26.2 Å². The highest BCUT2D eigenvalue weighted by atomic mass is 35.5. The predicted octanol–water partition coefficient (Wildman–Crippen LogP) is 1.19. The molecule has 2 aromatic rings. The molecule has 11 heteroatoms. The van der Waals surface area contributed by atoms with Gasteiger partial charge in [0.05, 0.1) is 22.5 Å². The molecular formula is C25H34Cl2N6O3. The number of hydrogen-bond donors (Lipinski definition) is 5. The molecule has 0 unspecified atom stereocenters. The van der Waals surface area contributed by atoms with Crippen molar-refractivity contribution in [3.8, 4) is 0 Å². The average Bonchev–Trinajstić information content (AvgIpc) is 2.87. The van der Waals surface area contributed by atoms with Gasteiger partial charge in [0.2, 0.25) is 17.7 Å². The van der Waals surface area contributed by atoms with Gasteiger partial charge >= 0.3 is 0 Å². The number of carbonyl (C=O) groups is 3. The van der Waals surface area contributed by atoms with E-state index in [1.165, 1.54) is 4.90 Å². The fourth-order valence-corrected chi connectivity index (χ4v) is 3.96. The van der Waals surface area contributed by atoms with Gasteiger partial charge in [0.1, 0.15) is 6.04 Å². The highest BCUT2D eigenvalue weighted by Gasteiger charge is 2.26. The molecule has 0 aliphatic rings. The van der Waals surface area contributed by atoms with E-state index in [2.05, 4.69) is 10.6 Å². The predicted molar refractivity (Wildman–Crippen MR) is 142 cm³/mol. The van der Waals surface area contributed by atoms with E-state index in [1.54, 1.807) is 18.2 Å². The molecule has 0 aromatic heterocycles. The summed E-state index contributed by atoms with van der Waals surface area (Å²) in [6.07, 6.45) is 0.654. The quantitative estimate of drug-likeness (QED) is 0.244. The van der Waals surface area contributed by atoms with Crippen LogP contribution in [-0.4, -0.2) is 60.9 Å². The molecule has 9 nitrogen and oxygen atoms in total. The van der Waals surface area contributed by atoms with Gasteiger partial charge in [-0.25, -0.2) is 0 Å². The topological polar surface area (TPSA) is 157 Å². The van der Waals surface area contributed by atoms with Crippen LogP contribution in [0.4, 0.5) is 0 Å². The molecule has 36 heavy (non-hydrogen) atoms. The third-order valence-corrected chi connectivity index (χ3v) is 6.42. The van der Waals surface area contributed by atoms with Gasteiger partial charge in [-0.2, -0.15) is 0 Å². The van der Waals surface area contributed by atoms with Crippen molar-refractivity contribution in [2.24, 2.45) is 17.2 Å². The summed E-state index contributed by atoms with van der Waals surface area (Å²) in [6, 6.07) is 12.7. The monoisotopic (exact) mass is 536 g/mol. The Bertz CT molecular complexity index is 1000. The standard InChI is InChI=1S/C25H34Cl2N6O3/c26-19-8-4-7-18(23(19)27)16-31-25(36)21(10-9-17-5-2-1-3-6-17)32-24(35)20(30)15-22(34)33(13-11-28)14-12-29/h1-8,20-21H,9-16,28-30H2,(H,31,36)(H,32,35)/t20-,21-/m0/s1.